The standard InChI is InChI=1S/C19H26N6O/c1-5-16(26)11-25-18(12-24-14(4)17(6-2)13(3)22-24)21-19(23-25)15-7-9-20-10-8-15/h7-10,16,26H,5-6,11-12H2,1-4H3/t16-/m0/s1. The lowest BCUT2D eigenvalue weighted by molar-refractivity contribution is 0.143. The van der Waals surface area contributed by atoms with Crippen LogP contribution in [0.2, 0.25) is 0 Å². The van der Waals surface area contributed by atoms with Gasteiger partial charge in [0.1, 0.15) is 12.4 Å². The predicted molar refractivity (Wildman–Crippen MR) is 99.7 cm³/mol. The van der Waals surface area contributed by atoms with E-state index in [-0.39, 0.29) is 0 Å². The molecule has 3 aromatic heterocycles. The van der Waals surface area contributed by atoms with Crippen LogP contribution in [0.4, 0.5) is 0 Å². The van der Waals surface area contributed by atoms with Gasteiger partial charge in [0.25, 0.3) is 0 Å². The molecular weight excluding hydrogens is 328 g/mol. The van der Waals surface area contributed by atoms with Gasteiger partial charge in [0, 0.05) is 23.7 Å². The van der Waals surface area contributed by atoms with E-state index in [0.717, 1.165) is 29.2 Å². The quantitative estimate of drug-likeness (QED) is 0.705. The third kappa shape index (κ3) is 3.67. The third-order valence-corrected chi connectivity index (χ3v) is 4.72. The van der Waals surface area contributed by atoms with Gasteiger partial charge in [0.05, 0.1) is 18.3 Å². The SMILES string of the molecule is CCc1c(C)nn(Cc2nc(-c3ccncc3)nn2C[C@@H](O)CC)c1C. The van der Waals surface area contributed by atoms with Crippen LogP contribution in [0.5, 0.6) is 0 Å². The molecular formula is C19H26N6O. The molecule has 0 aliphatic heterocycles. The van der Waals surface area contributed by atoms with E-state index >= 15 is 0 Å². The van der Waals surface area contributed by atoms with Crippen molar-refractivity contribution in [3.63, 3.8) is 0 Å². The van der Waals surface area contributed by atoms with Crippen LogP contribution < -0.4 is 0 Å². The first-order valence-electron chi connectivity index (χ1n) is 9.08. The first-order chi connectivity index (χ1) is 12.5. The molecule has 0 bridgehead atoms. The van der Waals surface area contributed by atoms with E-state index in [4.69, 9.17) is 4.98 Å². The number of aliphatic hydroxyl groups excluding tert-OH is 1. The Hall–Kier alpha value is -2.54. The molecule has 138 valence electrons. The number of pyridine rings is 1. The van der Waals surface area contributed by atoms with Gasteiger partial charge in [-0.3, -0.25) is 9.67 Å². The van der Waals surface area contributed by atoms with Gasteiger partial charge in [0.15, 0.2) is 5.82 Å². The lowest BCUT2D eigenvalue weighted by atomic mass is 10.1. The smallest absolute Gasteiger partial charge is 0.181 e. The summed E-state index contributed by atoms with van der Waals surface area (Å²) in [5.74, 6) is 1.43. The molecule has 0 saturated carbocycles. The monoisotopic (exact) mass is 354 g/mol. The van der Waals surface area contributed by atoms with Crippen molar-refractivity contribution in [2.24, 2.45) is 0 Å². The van der Waals surface area contributed by atoms with Crippen molar-refractivity contribution in [2.45, 2.75) is 59.7 Å². The molecule has 3 aromatic rings. The molecule has 0 amide bonds. The van der Waals surface area contributed by atoms with E-state index in [0.29, 0.717) is 25.3 Å². The number of aliphatic hydroxyl groups is 1. The highest BCUT2D eigenvalue weighted by atomic mass is 16.3. The van der Waals surface area contributed by atoms with Gasteiger partial charge in [-0.05, 0) is 44.4 Å². The number of aromatic nitrogens is 6. The molecule has 0 aliphatic carbocycles. The summed E-state index contributed by atoms with van der Waals surface area (Å²) in [6.07, 6.45) is 4.63. The first kappa shape index (κ1) is 18.3. The number of hydrogen-bond acceptors (Lipinski definition) is 5. The van der Waals surface area contributed by atoms with Crippen LogP contribution in [0.1, 0.15) is 43.0 Å². The molecule has 0 fully saturated rings. The fourth-order valence-electron chi connectivity index (χ4n) is 3.12. The van der Waals surface area contributed by atoms with E-state index in [2.05, 4.69) is 29.0 Å². The molecule has 1 atom stereocenters. The molecule has 3 heterocycles. The van der Waals surface area contributed by atoms with E-state index in [1.54, 1.807) is 17.1 Å². The Kier molecular flexibility index (Phi) is 5.46. The Bertz CT molecular complexity index is 868. The zero-order valence-electron chi connectivity index (χ0n) is 15.8. The summed E-state index contributed by atoms with van der Waals surface area (Å²) in [5.41, 5.74) is 4.40. The van der Waals surface area contributed by atoms with Crippen LogP contribution in [0.15, 0.2) is 24.5 Å². The molecule has 7 heteroatoms. The Morgan fingerprint density at radius 3 is 2.42 bits per heavy atom. The van der Waals surface area contributed by atoms with E-state index in [9.17, 15) is 5.11 Å². The summed E-state index contributed by atoms with van der Waals surface area (Å²) in [7, 11) is 0. The summed E-state index contributed by atoms with van der Waals surface area (Å²) in [6.45, 7) is 9.17. The molecule has 1 N–H and O–H groups in total. The maximum atomic E-state index is 10.1. The molecule has 3 rings (SSSR count). The van der Waals surface area contributed by atoms with Crippen molar-refractivity contribution in [2.75, 3.05) is 0 Å². The largest absolute Gasteiger partial charge is 0.391 e. The molecule has 0 radical (unpaired) electrons. The fraction of sp³-hybridized carbons (Fsp3) is 0.474. The Balaban J connectivity index is 1.97. The highest BCUT2D eigenvalue weighted by Crippen LogP contribution is 2.18. The van der Waals surface area contributed by atoms with Crippen LogP contribution in [0.3, 0.4) is 0 Å². The summed E-state index contributed by atoms with van der Waals surface area (Å²) >= 11 is 0. The normalized spacial score (nSPS) is 12.5. The van der Waals surface area contributed by atoms with Gasteiger partial charge in [-0.15, -0.1) is 0 Å². The van der Waals surface area contributed by atoms with Gasteiger partial charge in [-0.1, -0.05) is 13.8 Å². The zero-order valence-corrected chi connectivity index (χ0v) is 15.8. The lowest BCUT2D eigenvalue weighted by Gasteiger charge is -2.11. The minimum atomic E-state index is -0.451. The van der Waals surface area contributed by atoms with Crippen molar-refractivity contribution in [3.8, 4) is 11.4 Å². The Morgan fingerprint density at radius 2 is 1.81 bits per heavy atom. The topological polar surface area (TPSA) is 81.7 Å². The Labute approximate surface area is 153 Å². The molecule has 7 nitrogen and oxygen atoms in total. The molecule has 0 aromatic carbocycles. The van der Waals surface area contributed by atoms with Crippen LogP contribution in [0.25, 0.3) is 11.4 Å². The average molecular weight is 354 g/mol. The van der Waals surface area contributed by atoms with Gasteiger partial charge in [-0.25, -0.2) is 9.67 Å². The van der Waals surface area contributed by atoms with Crippen LogP contribution in [0, 0.1) is 13.8 Å². The molecule has 0 saturated heterocycles. The summed E-state index contributed by atoms with van der Waals surface area (Å²) in [4.78, 5) is 8.77. The van der Waals surface area contributed by atoms with Crippen LogP contribution in [-0.2, 0) is 19.5 Å². The summed E-state index contributed by atoms with van der Waals surface area (Å²) in [6, 6.07) is 3.77. The van der Waals surface area contributed by atoms with Crippen molar-refractivity contribution >= 4 is 0 Å². The van der Waals surface area contributed by atoms with E-state index in [1.807, 2.05) is 30.7 Å². The minimum absolute atomic E-state index is 0.420. The molecule has 0 unspecified atom stereocenters. The second-order valence-electron chi connectivity index (χ2n) is 6.49. The first-order valence-corrected chi connectivity index (χ1v) is 9.08. The molecule has 26 heavy (non-hydrogen) atoms. The highest BCUT2D eigenvalue weighted by molar-refractivity contribution is 5.53. The van der Waals surface area contributed by atoms with Crippen molar-refractivity contribution < 1.29 is 5.11 Å². The number of rotatable bonds is 7. The second-order valence-corrected chi connectivity index (χ2v) is 6.49. The van der Waals surface area contributed by atoms with Crippen molar-refractivity contribution in [1.29, 1.82) is 0 Å². The maximum Gasteiger partial charge on any atom is 0.181 e. The molecule has 0 spiro atoms. The molecule has 0 aliphatic rings. The number of aryl methyl sites for hydroxylation is 1. The summed E-state index contributed by atoms with van der Waals surface area (Å²) < 4.78 is 3.77. The lowest BCUT2D eigenvalue weighted by Crippen LogP contribution is -2.19. The van der Waals surface area contributed by atoms with Gasteiger partial charge >= 0.3 is 0 Å². The van der Waals surface area contributed by atoms with Crippen molar-refractivity contribution in [3.05, 3.63) is 47.3 Å². The van der Waals surface area contributed by atoms with Gasteiger partial charge in [-0.2, -0.15) is 10.2 Å². The number of nitrogens with zero attached hydrogens (tertiary/aromatic N) is 6. The summed E-state index contributed by atoms with van der Waals surface area (Å²) in [5, 5.41) is 19.4. The van der Waals surface area contributed by atoms with Crippen LogP contribution >= 0.6 is 0 Å². The second kappa shape index (κ2) is 7.78. The average Bonchev–Trinajstić information content (AvgIpc) is 3.16. The predicted octanol–water partition coefficient (Wildman–Crippen LogP) is 2.54. The van der Waals surface area contributed by atoms with E-state index < -0.39 is 6.10 Å². The third-order valence-electron chi connectivity index (χ3n) is 4.72. The fourth-order valence-corrected chi connectivity index (χ4v) is 3.12. The van der Waals surface area contributed by atoms with Crippen molar-refractivity contribution in [1.82, 2.24) is 29.5 Å². The maximum absolute atomic E-state index is 10.1. The van der Waals surface area contributed by atoms with E-state index in [1.165, 1.54) is 5.56 Å². The minimum Gasteiger partial charge on any atom is -0.391 e. The Morgan fingerprint density at radius 1 is 1.08 bits per heavy atom. The van der Waals surface area contributed by atoms with Gasteiger partial charge in [0.2, 0.25) is 0 Å². The highest BCUT2D eigenvalue weighted by Gasteiger charge is 2.17. The zero-order chi connectivity index (χ0) is 18.7. The number of hydrogen-bond donors (Lipinski definition) is 1. The van der Waals surface area contributed by atoms with Gasteiger partial charge < -0.3 is 5.11 Å². The van der Waals surface area contributed by atoms with Crippen LogP contribution in [-0.4, -0.2) is 40.7 Å².